The Hall–Kier alpha value is -0.830. The first-order chi connectivity index (χ1) is 9.52. The molecule has 7 heteroatoms. The van der Waals surface area contributed by atoms with E-state index >= 15 is 0 Å². The highest BCUT2D eigenvalue weighted by Crippen LogP contribution is 2.14. The fraction of sp³-hybridized carbons (Fsp3) is 0.714. The Labute approximate surface area is 143 Å². The number of aryl methyl sites for hydroxylation is 2. The maximum atomic E-state index is 9.66. The Morgan fingerprint density at radius 3 is 2.67 bits per heavy atom. The minimum absolute atomic E-state index is 0. The van der Waals surface area contributed by atoms with Crippen LogP contribution in [0.3, 0.4) is 0 Å². The van der Waals surface area contributed by atoms with Gasteiger partial charge in [0.2, 0.25) is 0 Å². The summed E-state index contributed by atoms with van der Waals surface area (Å²) in [6.45, 7) is 9.12. The first-order valence-electron chi connectivity index (χ1n) is 7.23. The molecule has 0 saturated carbocycles. The monoisotopic (exact) mass is 407 g/mol. The minimum Gasteiger partial charge on any atom is -0.391 e. The van der Waals surface area contributed by atoms with Gasteiger partial charge in [-0.15, -0.1) is 24.0 Å². The topological polar surface area (TPSA) is 65.7 Å². The van der Waals surface area contributed by atoms with Crippen molar-refractivity contribution in [2.45, 2.75) is 39.8 Å². The lowest BCUT2D eigenvalue weighted by Crippen LogP contribution is -2.40. The number of hydrogen-bond donors (Lipinski definition) is 2. The first-order valence-corrected chi connectivity index (χ1v) is 7.23. The van der Waals surface area contributed by atoms with Gasteiger partial charge in [0, 0.05) is 37.9 Å². The van der Waals surface area contributed by atoms with Crippen LogP contribution in [-0.4, -0.2) is 51.5 Å². The van der Waals surface area contributed by atoms with Gasteiger partial charge < -0.3 is 15.3 Å². The molecule has 0 spiro atoms. The standard InChI is InChI=1S/C14H25N5O.HI/c1-5-15-14(19-7-6-12(20)9-19)16-8-13-10(2)17-18(4)11(13)3;/h12,20H,5-9H2,1-4H3,(H,15,16);1H/t12-;/m1./s1. The van der Waals surface area contributed by atoms with Crippen LogP contribution in [0.1, 0.15) is 30.3 Å². The van der Waals surface area contributed by atoms with Crippen molar-refractivity contribution in [1.29, 1.82) is 0 Å². The molecule has 2 rings (SSSR count). The van der Waals surface area contributed by atoms with E-state index in [0.717, 1.165) is 36.9 Å². The second kappa shape index (κ2) is 7.98. The largest absolute Gasteiger partial charge is 0.391 e. The van der Waals surface area contributed by atoms with Crippen LogP contribution in [-0.2, 0) is 13.6 Å². The average molecular weight is 407 g/mol. The molecule has 1 fully saturated rings. The van der Waals surface area contributed by atoms with Crippen molar-refractivity contribution in [3.8, 4) is 0 Å². The number of aliphatic imine (C=N–C) groups is 1. The fourth-order valence-electron chi connectivity index (χ4n) is 2.56. The molecule has 21 heavy (non-hydrogen) atoms. The quantitative estimate of drug-likeness (QED) is 0.449. The van der Waals surface area contributed by atoms with Crippen molar-refractivity contribution in [2.24, 2.45) is 12.0 Å². The summed E-state index contributed by atoms with van der Waals surface area (Å²) in [5, 5.41) is 17.4. The van der Waals surface area contributed by atoms with E-state index in [1.807, 2.05) is 18.7 Å². The summed E-state index contributed by atoms with van der Waals surface area (Å²) in [6, 6.07) is 0. The number of halogens is 1. The van der Waals surface area contributed by atoms with Crippen LogP contribution in [0, 0.1) is 13.8 Å². The SMILES string of the molecule is CCNC(=NCc1c(C)nn(C)c1C)N1CC[C@@H](O)C1.I. The van der Waals surface area contributed by atoms with Gasteiger partial charge in [0.25, 0.3) is 0 Å². The predicted molar refractivity (Wildman–Crippen MR) is 95.1 cm³/mol. The summed E-state index contributed by atoms with van der Waals surface area (Å²) in [4.78, 5) is 6.82. The zero-order valence-corrected chi connectivity index (χ0v) is 15.6. The smallest absolute Gasteiger partial charge is 0.194 e. The third-order valence-corrected chi connectivity index (χ3v) is 3.84. The van der Waals surface area contributed by atoms with Crippen molar-refractivity contribution in [2.75, 3.05) is 19.6 Å². The minimum atomic E-state index is -0.235. The molecule has 1 aliphatic heterocycles. The number of aromatic nitrogens is 2. The first kappa shape index (κ1) is 18.2. The molecule has 0 amide bonds. The average Bonchev–Trinajstić information content (AvgIpc) is 2.92. The number of aliphatic hydroxyl groups excluding tert-OH is 1. The van der Waals surface area contributed by atoms with Crippen molar-refractivity contribution in [1.82, 2.24) is 20.0 Å². The third-order valence-electron chi connectivity index (χ3n) is 3.84. The molecule has 1 aliphatic rings. The molecule has 6 nitrogen and oxygen atoms in total. The van der Waals surface area contributed by atoms with E-state index < -0.39 is 0 Å². The summed E-state index contributed by atoms with van der Waals surface area (Å²) in [5.74, 6) is 0.881. The van der Waals surface area contributed by atoms with E-state index in [1.54, 1.807) is 0 Å². The third kappa shape index (κ3) is 4.32. The lowest BCUT2D eigenvalue weighted by molar-refractivity contribution is 0.188. The van der Waals surface area contributed by atoms with Gasteiger partial charge in [0.1, 0.15) is 0 Å². The van der Waals surface area contributed by atoms with Crippen molar-refractivity contribution in [3.63, 3.8) is 0 Å². The highest BCUT2D eigenvalue weighted by molar-refractivity contribution is 14.0. The Kier molecular flexibility index (Phi) is 6.92. The molecule has 0 aliphatic carbocycles. The molecule has 1 atom stereocenters. The van der Waals surface area contributed by atoms with E-state index in [1.165, 1.54) is 5.56 Å². The lowest BCUT2D eigenvalue weighted by Gasteiger charge is -2.20. The molecule has 1 aromatic heterocycles. The number of hydrogen-bond acceptors (Lipinski definition) is 3. The number of β-amino-alcohol motifs (C(OH)–C–C–N with tert-alkyl or cyclic N) is 1. The summed E-state index contributed by atoms with van der Waals surface area (Å²) in [5.41, 5.74) is 3.37. The molecule has 0 radical (unpaired) electrons. The molecule has 1 aromatic rings. The molecule has 0 bridgehead atoms. The van der Waals surface area contributed by atoms with Gasteiger partial charge in [-0.1, -0.05) is 0 Å². The maximum Gasteiger partial charge on any atom is 0.194 e. The van der Waals surface area contributed by atoms with E-state index in [2.05, 4.69) is 29.2 Å². The fourth-order valence-corrected chi connectivity index (χ4v) is 2.56. The zero-order chi connectivity index (χ0) is 14.7. The number of nitrogens with one attached hydrogen (secondary N) is 1. The maximum absolute atomic E-state index is 9.66. The lowest BCUT2D eigenvalue weighted by atomic mass is 10.2. The van der Waals surface area contributed by atoms with Gasteiger partial charge in [0.05, 0.1) is 18.3 Å². The number of nitrogens with zero attached hydrogens (tertiary/aromatic N) is 4. The van der Waals surface area contributed by atoms with Crippen molar-refractivity contribution >= 4 is 29.9 Å². The van der Waals surface area contributed by atoms with Gasteiger partial charge in [-0.2, -0.15) is 5.10 Å². The second-order valence-electron chi connectivity index (χ2n) is 5.33. The van der Waals surface area contributed by atoms with E-state index in [0.29, 0.717) is 13.1 Å². The number of rotatable bonds is 3. The van der Waals surface area contributed by atoms with Crippen molar-refractivity contribution in [3.05, 3.63) is 17.0 Å². The van der Waals surface area contributed by atoms with Crippen LogP contribution >= 0.6 is 24.0 Å². The summed E-state index contributed by atoms with van der Waals surface area (Å²) >= 11 is 0. The Morgan fingerprint density at radius 1 is 1.48 bits per heavy atom. The van der Waals surface area contributed by atoms with Gasteiger partial charge in [-0.25, -0.2) is 4.99 Å². The van der Waals surface area contributed by atoms with Crippen LogP contribution in [0.15, 0.2) is 4.99 Å². The van der Waals surface area contributed by atoms with Crippen molar-refractivity contribution < 1.29 is 5.11 Å². The molecule has 120 valence electrons. The summed E-state index contributed by atoms with van der Waals surface area (Å²) in [6.07, 6.45) is 0.579. The van der Waals surface area contributed by atoms with Crippen LogP contribution in [0.25, 0.3) is 0 Å². The Balaban J connectivity index is 0.00000220. The Morgan fingerprint density at radius 2 is 2.19 bits per heavy atom. The van der Waals surface area contributed by atoms with E-state index in [4.69, 9.17) is 4.99 Å². The Bertz CT molecular complexity index is 500. The van der Waals surface area contributed by atoms with Gasteiger partial charge >= 0.3 is 0 Å². The second-order valence-corrected chi connectivity index (χ2v) is 5.33. The molecule has 1 saturated heterocycles. The van der Waals surface area contributed by atoms with Gasteiger partial charge in [-0.3, -0.25) is 4.68 Å². The predicted octanol–water partition coefficient (Wildman–Crippen LogP) is 1.19. The molecule has 2 N–H and O–H groups in total. The van der Waals surface area contributed by atoms with Gasteiger partial charge in [-0.05, 0) is 27.2 Å². The molecule has 0 aromatic carbocycles. The molecule has 0 unspecified atom stereocenters. The van der Waals surface area contributed by atoms with Crippen LogP contribution in [0.5, 0.6) is 0 Å². The number of guanidine groups is 1. The van der Waals surface area contributed by atoms with E-state index in [9.17, 15) is 5.11 Å². The summed E-state index contributed by atoms with van der Waals surface area (Å²) in [7, 11) is 1.96. The highest BCUT2D eigenvalue weighted by atomic mass is 127. The normalized spacial score (nSPS) is 18.8. The van der Waals surface area contributed by atoms with Gasteiger partial charge in [0.15, 0.2) is 5.96 Å². The number of aliphatic hydroxyl groups is 1. The summed E-state index contributed by atoms with van der Waals surface area (Å²) < 4.78 is 1.90. The molecule has 2 heterocycles. The van der Waals surface area contributed by atoms with Crippen LogP contribution in [0.4, 0.5) is 0 Å². The van der Waals surface area contributed by atoms with E-state index in [-0.39, 0.29) is 30.1 Å². The molecular weight excluding hydrogens is 381 g/mol. The van der Waals surface area contributed by atoms with Crippen LogP contribution in [0.2, 0.25) is 0 Å². The zero-order valence-electron chi connectivity index (χ0n) is 13.3. The van der Waals surface area contributed by atoms with Crippen LogP contribution < -0.4 is 5.32 Å². The highest BCUT2D eigenvalue weighted by Gasteiger charge is 2.23. The number of likely N-dealkylation sites (tertiary alicyclic amines) is 1. The molecular formula is C14H26IN5O.